The molecule has 4 heteroatoms. The van der Waals surface area contributed by atoms with Crippen LogP contribution in [0.25, 0.3) is 0 Å². The number of rotatable bonds is 6. The summed E-state index contributed by atoms with van der Waals surface area (Å²) in [6.45, 7) is 6.23. The smallest absolute Gasteiger partial charge is 0.130 e. The molecule has 102 valence electrons. The normalized spacial score (nSPS) is 12.6. The molecule has 3 nitrogen and oxygen atoms in total. The van der Waals surface area contributed by atoms with Crippen molar-refractivity contribution in [2.75, 3.05) is 6.54 Å². The first-order valence-electron chi connectivity index (χ1n) is 6.76. The van der Waals surface area contributed by atoms with Crippen LogP contribution in [0.1, 0.15) is 37.7 Å². The van der Waals surface area contributed by atoms with Crippen LogP contribution in [-0.4, -0.2) is 16.1 Å². The molecule has 0 amide bonds. The van der Waals surface area contributed by atoms with E-state index in [4.69, 9.17) is 0 Å². The van der Waals surface area contributed by atoms with Crippen molar-refractivity contribution in [2.24, 2.45) is 0 Å². The minimum absolute atomic E-state index is 0.152. The van der Waals surface area contributed by atoms with E-state index in [1.54, 1.807) is 0 Å². The third kappa shape index (κ3) is 3.45. The number of nitrogens with one attached hydrogen (secondary N) is 1. The highest BCUT2D eigenvalue weighted by Gasteiger charge is 2.17. The Morgan fingerprint density at radius 2 is 2.00 bits per heavy atom. The standard InChI is InChI=1S/C15H20BrN3/c1-3-10-19-11-9-18-15(19)14(17-4-2)12-5-7-13(16)8-6-12/h5-9,11,14,17H,3-4,10H2,1-2H3. The first kappa shape index (κ1) is 14.3. The minimum Gasteiger partial charge on any atom is -0.333 e. The summed E-state index contributed by atoms with van der Waals surface area (Å²) >= 11 is 3.48. The van der Waals surface area contributed by atoms with E-state index in [1.165, 1.54) is 5.56 Å². The fraction of sp³-hybridized carbons (Fsp3) is 0.400. The Morgan fingerprint density at radius 1 is 1.26 bits per heavy atom. The van der Waals surface area contributed by atoms with Crippen molar-refractivity contribution in [1.29, 1.82) is 0 Å². The van der Waals surface area contributed by atoms with Crippen LogP contribution in [0.5, 0.6) is 0 Å². The summed E-state index contributed by atoms with van der Waals surface area (Å²) in [4.78, 5) is 4.54. The van der Waals surface area contributed by atoms with E-state index in [2.05, 4.69) is 75.1 Å². The number of imidazole rings is 1. The Hall–Kier alpha value is -1.13. The number of hydrogen-bond acceptors (Lipinski definition) is 2. The molecule has 1 unspecified atom stereocenters. The Bertz CT molecular complexity index is 504. The van der Waals surface area contributed by atoms with E-state index in [9.17, 15) is 0 Å². The van der Waals surface area contributed by atoms with Gasteiger partial charge in [-0.05, 0) is 30.7 Å². The van der Waals surface area contributed by atoms with Crippen LogP contribution in [0.3, 0.4) is 0 Å². The molecule has 19 heavy (non-hydrogen) atoms. The zero-order chi connectivity index (χ0) is 13.7. The molecule has 1 aromatic heterocycles. The Morgan fingerprint density at radius 3 is 2.63 bits per heavy atom. The van der Waals surface area contributed by atoms with Gasteiger partial charge in [-0.15, -0.1) is 0 Å². The maximum Gasteiger partial charge on any atom is 0.130 e. The van der Waals surface area contributed by atoms with Gasteiger partial charge in [-0.25, -0.2) is 4.98 Å². The summed E-state index contributed by atoms with van der Waals surface area (Å²) < 4.78 is 3.33. The zero-order valence-electron chi connectivity index (χ0n) is 11.4. The summed E-state index contributed by atoms with van der Waals surface area (Å²) in [5, 5.41) is 3.52. The highest BCUT2D eigenvalue weighted by Crippen LogP contribution is 2.22. The van der Waals surface area contributed by atoms with E-state index < -0.39 is 0 Å². The highest BCUT2D eigenvalue weighted by atomic mass is 79.9. The maximum atomic E-state index is 4.54. The fourth-order valence-electron chi connectivity index (χ4n) is 2.23. The van der Waals surface area contributed by atoms with Gasteiger partial charge in [-0.2, -0.15) is 0 Å². The lowest BCUT2D eigenvalue weighted by atomic mass is 10.1. The van der Waals surface area contributed by atoms with E-state index in [-0.39, 0.29) is 6.04 Å². The van der Waals surface area contributed by atoms with E-state index in [1.807, 2.05) is 6.20 Å². The molecular weight excluding hydrogens is 302 g/mol. The number of benzene rings is 1. The second-order valence-electron chi connectivity index (χ2n) is 4.52. The monoisotopic (exact) mass is 321 g/mol. The van der Waals surface area contributed by atoms with Gasteiger partial charge in [-0.3, -0.25) is 0 Å². The Labute approximate surface area is 123 Å². The van der Waals surface area contributed by atoms with Gasteiger partial charge in [-0.1, -0.05) is 41.9 Å². The third-order valence-electron chi connectivity index (χ3n) is 3.08. The van der Waals surface area contributed by atoms with E-state index >= 15 is 0 Å². The number of nitrogens with zero attached hydrogens (tertiary/aromatic N) is 2. The molecule has 0 spiro atoms. The SMILES string of the molecule is CCCn1ccnc1C(NCC)c1ccc(Br)cc1. The van der Waals surface area contributed by atoms with Gasteiger partial charge in [0, 0.05) is 23.4 Å². The average molecular weight is 322 g/mol. The third-order valence-corrected chi connectivity index (χ3v) is 3.61. The van der Waals surface area contributed by atoms with Crippen LogP contribution in [0, 0.1) is 0 Å². The van der Waals surface area contributed by atoms with Gasteiger partial charge in [0.2, 0.25) is 0 Å². The minimum atomic E-state index is 0.152. The van der Waals surface area contributed by atoms with Crippen LogP contribution < -0.4 is 5.32 Å². The molecular formula is C15H20BrN3. The topological polar surface area (TPSA) is 29.9 Å². The Balaban J connectivity index is 2.33. The van der Waals surface area contributed by atoms with Crippen molar-refractivity contribution in [3.63, 3.8) is 0 Å². The molecule has 0 radical (unpaired) electrons. The van der Waals surface area contributed by atoms with Crippen molar-refractivity contribution in [2.45, 2.75) is 32.9 Å². The molecule has 2 rings (SSSR count). The number of halogens is 1. The second-order valence-corrected chi connectivity index (χ2v) is 5.44. The number of aromatic nitrogens is 2. The predicted molar refractivity (Wildman–Crippen MR) is 82.2 cm³/mol. The van der Waals surface area contributed by atoms with Crippen molar-refractivity contribution >= 4 is 15.9 Å². The zero-order valence-corrected chi connectivity index (χ0v) is 13.0. The summed E-state index contributed by atoms with van der Waals surface area (Å²) in [5.74, 6) is 1.09. The lowest BCUT2D eigenvalue weighted by Crippen LogP contribution is -2.25. The van der Waals surface area contributed by atoms with Crippen LogP contribution in [0.4, 0.5) is 0 Å². The summed E-state index contributed by atoms with van der Waals surface area (Å²) in [5.41, 5.74) is 1.24. The molecule has 0 aliphatic carbocycles. The highest BCUT2D eigenvalue weighted by molar-refractivity contribution is 9.10. The lowest BCUT2D eigenvalue weighted by molar-refractivity contribution is 0.544. The number of hydrogen-bond donors (Lipinski definition) is 1. The van der Waals surface area contributed by atoms with Gasteiger partial charge in [0.15, 0.2) is 0 Å². The van der Waals surface area contributed by atoms with Crippen molar-refractivity contribution in [3.05, 3.63) is 52.5 Å². The fourth-order valence-corrected chi connectivity index (χ4v) is 2.49. The van der Waals surface area contributed by atoms with Gasteiger partial charge in [0.25, 0.3) is 0 Å². The van der Waals surface area contributed by atoms with Gasteiger partial charge >= 0.3 is 0 Å². The van der Waals surface area contributed by atoms with Crippen LogP contribution in [0.2, 0.25) is 0 Å². The molecule has 1 heterocycles. The maximum absolute atomic E-state index is 4.54. The molecule has 0 aliphatic heterocycles. The van der Waals surface area contributed by atoms with E-state index in [0.717, 1.165) is 29.8 Å². The first-order chi connectivity index (χ1) is 9.26. The summed E-state index contributed by atoms with van der Waals surface area (Å²) in [6, 6.07) is 8.59. The molecule has 0 saturated carbocycles. The first-order valence-corrected chi connectivity index (χ1v) is 7.55. The van der Waals surface area contributed by atoms with Crippen molar-refractivity contribution in [3.8, 4) is 0 Å². The average Bonchev–Trinajstić information content (AvgIpc) is 2.86. The molecule has 1 N–H and O–H groups in total. The molecule has 0 fully saturated rings. The quantitative estimate of drug-likeness (QED) is 0.878. The van der Waals surface area contributed by atoms with E-state index in [0.29, 0.717) is 0 Å². The van der Waals surface area contributed by atoms with Crippen LogP contribution in [0.15, 0.2) is 41.1 Å². The summed E-state index contributed by atoms with van der Waals surface area (Å²) in [7, 11) is 0. The molecule has 1 atom stereocenters. The summed E-state index contributed by atoms with van der Waals surface area (Å²) in [6.07, 6.45) is 5.05. The molecule has 1 aromatic carbocycles. The molecule has 0 saturated heterocycles. The lowest BCUT2D eigenvalue weighted by Gasteiger charge is -2.19. The predicted octanol–water partition coefficient (Wildman–Crippen LogP) is 3.75. The Kier molecular flexibility index (Phi) is 5.16. The largest absolute Gasteiger partial charge is 0.333 e. The second kappa shape index (κ2) is 6.87. The molecule has 2 aromatic rings. The number of aryl methyl sites for hydroxylation is 1. The molecule has 0 bridgehead atoms. The van der Waals surface area contributed by atoms with Crippen molar-refractivity contribution in [1.82, 2.24) is 14.9 Å². The van der Waals surface area contributed by atoms with Gasteiger partial charge < -0.3 is 9.88 Å². The van der Waals surface area contributed by atoms with Gasteiger partial charge in [0.1, 0.15) is 5.82 Å². The van der Waals surface area contributed by atoms with Crippen LogP contribution in [-0.2, 0) is 6.54 Å². The molecule has 0 aliphatic rings. The van der Waals surface area contributed by atoms with Crippen LogP contribution >= 0.6 is 15.9 Å². The van der Waals surface area contributed by atoms with Crippen molar-refractivity contribution < 1.29 is 0 Å². The van der Waals surface area contributed by atoms with Gasteiger partial charge in [0.05, 0.1) is 6.04 Å².